The van der Waals surface area contributed by atoms with Crippen LogP contribution in [-0.2, 0) is 17.6 Å². The van der Waals surface area contributed by atoms with Crippen LogP contribution in [0.1, 0.15) is 56.1 Å². The third kappa shape index (κ3) is 7.15. The van der Waals surface area contributed by atoms with Gasteiger partial charge in [-0.1, -0.05) is 13.0 Å². The second-order valence-electron chi connectivity index (χ2n) is 9.51. The van der Waals surface area contributed by atoms with Crippen molar-refractivity contribution in [3.05, 3.63) is 47.5 Å². The van der Waals surface area contributed by atoms with Gasteiger partial charge >= 0.3 is 0 Å². The van der Waals surface area contributed by atoms with E-state index >= 15 is 0 Å². The van der Waals surface area contributed by atoms with Gasteiger partial charge in [0.2, 0.25) is 0 Å². The topological polar surface area (TPSA) is 56.7 Å². The summed E-state index contributed by atoms with van der Waals surface area (Å²) in [4.78, 5) is 11.9. The number of hydrogen-bond donors (Lipinski definition) is 0. The Balaban J connectivity index is 1.33. The van der Waals surface area contributed by atoms with Crippen LogP contribution >= 0.6 is 0 Å². The number of ether oxygens (including phenoxy) is 3. The monoisotopic (exact) mass is 453 g/mol. The van der Waals surface area contributed by atoms with E-state index in [0.717, 1.165) is 79.9 Å². The Morgan fingerprint density at radius 3 is 2.73 bits per heavy atom. The molecule has 6 heteroatoms. The van der Waals surface area contributed by atoms with Crippen LogP contribution in [0.25, 0.3) is 0 Å². The van der Waals surface area contributed by atoms with Crippen LogP contribution in [0.15, 0.2) is 30.5 Å². The molecule has 4 rings (SSSR count). The number of benzene rings is 1. The lowest BCUT2D eigenvalue weighted by atomic mass is 9.84. The molecule has 0 aliphatic carbocycles. The number of methoxy groups -OCH3 is 1. The van der Waals surface area contributed by atoms with E-state index in [9.17, 15) is 0 Å². The first-order valence-corrected chi connectivity index (χ1v) is 12.6. The van der Waals surface area contributed by atoms with Gasteiger partial charge in [0.15, 0.2) is 11.5 Å². The van der Waals surface area contributed by atoms with Gasteiger partial charge in [-0.2, -0.15) is 0 Å². The minimum atomic E-state index is 0.609. The van der Waals surface area contributed by atoms with Gasteiger partial charge in [0, 0.05) is 38.1 Å². The predicted molar refractivity (Wildman–Crippen MR) is 130 cm³/mol. The molecule has 33 heavy (non-hydrogen) atoms. The maximum absolute atomic E-state index is 6.11. The predicted octanol–water partition coefficient (Wildman–Crippen LogP) is 4.55. The van der Waals surface area contributed by atoms with E-state index in [1.807, 2.05) is 12.3 Å². The maximum atomic E-state index is 6.11. The molecular weight excluding hydrogens is 414 g/mol. The first kappa shape index (κ1) is 24.0. The lowest BCUT2D eigenvalue weighted by Crippen LogP contribution is -2.23. The van der Waals surface area contributed by atoms with Gasteiger partial charge in [0.25, 0.3) is 0 Å². The molecule has 1 aromatic heterocycles. The van der Waals surface area contributed by atoms with Crippen LogP contribution in [0.3, 0.4) is 0 Å². The van der Waals surface area contributed by atoms with E-state index in [2.05, 4.69) is 35.0 Å². The molecule has 2 aromatic rings. The zero-order valence-electron chi connectivity index (χ0n) is 20.3. The molecule has 180 valence electrons. The summed E-state index contributed by atoms with van der Waals surface area (Å²) < 4.78 is 17.2. The van der Waals surface area contributed by atoms with Crippen LogP contribution < -0.4 is 9.47 Å². The van der Waals surface area contributed by atoms with Crippen LogP contribution in [0, 0.1) is 11.8 Å². The van der Waals surface area contributed by atoms with Crippen LogP contribution in [0.4, 0.5) is 0 Å². The Labute approximate surface area is 198 Å². The van der Waals surface area contributed by atoms with Crippen molar-refractivity contribution < 1.29 is 14.2 Å². The highest BCUT2D eigenvalue weighted by Crippen LogP contribution is 2.29. The molecule has 6 nitrogen and oxygen atoms in total. The van der Waals surface area contributed by atoms with Crippen molar-refractivity contribution in [2.75, 3.05) is 46.6 Å². The SMILES string of the molecule is COc1ccc(Cc2nccc(CC(C)C3CCOCC3)n2)cc1OCCCN1CCCC1. The van der Waals surface area contributed by atoms with Crippen molar-refractivity contribution in [3.63, 3.8) is 0 Å². The molecule has 0 radical (unpaired) electrons. The highest BCUT2D eigenvalue weighted by Gasteiger charge is 2.21. The van der Waals surface area contributed by atoms with E-state index in [1.54, 1.807) is 7.11 Å². The number of likely N-dealkylation sites (tertiary alicyclic amines) is 1. The molecule has 1 atom stereocenters. The lowest BCUT2D eigenvalue weighted by molar-refractivity contribution is 0.0494. The van der Waals surface area contributed by atoms with E-state index in [0.29, 0.717) is 18.9 Å². The maximum Gasteiger partial charge on any atom is 0.161 e. The number of aromatic nitrogens is 2. The fraction of sp³-hybridized carbons (Fsp3) is 0.630. The number of hydrogen-bond acceptors (Lipinski definition) is 6. The average Bonchev–Trinajstić information content (AvgIpc) is 3.36. The minimum Gasteiger partial charge on any atom is -0.493 e. The summed E-state index contributed by atoms with van der Waals surface area (Å²) >= 11 is 0. The molecule has 2 aliphatic heterocycles. The summed E-state index contributed by atoms with van der Waals surface area (Å²) in [5.74, 6) is 3.78. The average molecular weight is 454 g/mol. The second-order valence-corrected chi connectivity index (χ2v) is 9.51. The zero-order chi connectivity index (χ0) is 22.9. The van der Waals surface area contributed by atoms with Crippen LogP contribution in [0.5, 0.6) is 11.5 Å². The second kappa shape index (κ2) is 12.3. The van der Waals surface area contributed by atoms with Gasteiger partial charge in [-0.25, -0.2) is 9.97 Å². The van der Waals surface area contributed by atoms with Gasteiger partial charge < -0.3 is 19.1 Å². The van der Waals surface area contributed by atoms with Gasteiger partial charge in [-0.3, -0.25) is 0 Å². The third-order valence-corrected chi connectivity index (χ3v) is 7.03. The van der Waals surface area contributed by atoms with E-state index < -0.39 is 0 Å². The molecule has 1 aromatic carbocycles. The van der Waals surface area contributed by atoms with Crippen LogP contribution in [0.2, 0.25) is 0 Å². The lowest BCUT2D eigenvalue weighted by Gasteiger charge is -2.27. The minimum absolute atomic E-state index is 0.609. The molecule has 2 saturated heterocycles. The quantitative estimate of drug-likeness (QED) is 0.466. The van der Waals surface area contributed by atoms with Crippen molar-refractivity contribution in [1.29, 1.82) is 0 Å². The van der Waals surface area contributed by atoms with Crippen molar-refractivity contribution in [1.82, 2.24) is 14.9 Å². The zero-order valence-corrected chi connectivity index (χ0v) is 20.3. The Kier molecular flexibility index (Phi) is 8.95. The van der Waals surface area contributed by atoms with Crippen molar-refractivity contribution in [2.45, 2.75) is 51.9 Å². The first-order chi connectivity index (χ1) is 16.2. The van der Waals surface area contributed by atoms with Crippen LogP contribution in [-0.4, -0.2) is 61.4 Å². The molecule has 0 saturated carbocycles. The van der Waals surface area contributed by atoms with Crippen molar-refractivity contribution in [2.24, 2.45) is 11.8 Å². The summed E-state index contributed by atoms with van der Waals surface area (Å²) in [7, 11) is 1.69. The van der Waals surface area contributed by atoms with E-state index in [4.69, 9.17) is 19.2 Å². The normalized spacial score (nSPS) is 18.4. The summed E-state index contributed by atoms with van der Waals surface area (Å²) in [6.45, 7) is 8.39. The van der Waals surface area contributed by atoms with Gasteiger partial charge in [-0.05, 0) is 87.2 Å². The molecular formula is C27H39N3O3. The van der Waals surface area contributed by atoms with Crippen molar-refractivity contribution in [3.8, 4) is 11.5 Å². The number of rotatable bonds is 11. The Morgan fingerprint density at radius 1 is 1.12 bits per heavy atom. The Bertz CT molecular complexity index is 863. The molecule has 2 aliphatic rings. The summed E-state index contributed by atoms with van der Waals surface area (Å²) in [5, 5.41) is 0. The van der Waals surface area contributed by atoms with E-state index in [1.165, 1.54) is 25.9 Å². The van der Waals surface area contributed by atoms with Gasteiger partial charge in [0.05, 0.1) is 13.7 Å². The first-order valence-electron chi connectivity index (χ1n) is 12.6. The fourth-order valence-electron chi connectivity index (χ4n) is 5.02. The number of nitrogens with zero attached hydrogens (tertiary/aromatic N) is 3. The molecule has 1 unspecified atom stereocenters. The molecule has 0 spiro atoms. The molecule has 3 heterocycles. The third-order valence-electron chi connectivity index (χ3n) is 7.03. The van der Waals surface area contributed by atoms with Gasteiger partial charge in [-0.15, -0.1) is 0 Å². The van der Waals surface area contributed by atoms with E-state index in [-0.39, 0.29) is 0 Å². The molecule has 0 amide bonds. The molecule has 2 fully saturated rings. The highest BCUT2D eigenvalue weighted by molar-refractivity contribution is 5.43. The molecule has 0 bridgehead atoms. The Hall–Kier alpha value is -2.18. The highest BCUT2D eigenvalue weighted by atomic mass is 16.5. The van der Waals surface area contributed by atoms with Gasteiger partial charge in [0.1, 0.15) is 5.82 Å². The fourth-order valence-corrected chi connectivity index (χ4v) is 5.02. The summed E-state index contributed by atoms with van der Waals surface area (Å²) in [6, 6.07) is 8.20. The molecule has 0 N–H and O–H groups in total. The summed E-state index contributed by atoms with van der Waals surface area (Å²) in [5.41, 5.74) is 2.27. The Morgan fingerprint density at radius 2 is 1.94 bits per heavy atom. The largest absolute Gasteiger partial charge is 0.493 e. The van der Waals surface area contributed by atoms with Crippen molar-refractivity contribution >= 4 is 0 Å². The standard InChI is InChI=1S/C27H39N3O3/c1-21(23-9-16-32-17-10-23)18-24-8-11-28-27(29-24)20-22-6-7-25(31-2)26(19-22)33-15-5-14-30-12-3-4-13-30/h6-8,11,19,21,23H,3-5,9-10,12-18,20H2,1-2H3. The smallest absolute Gasteiger partial charge is 0.161 e. The summed E-state index contributed by atoms with van der Waals surface area (Å²) in [6.07, 6.45) is 9.58.